The van der Waals surface area contributed by atoms with Crippen molar-refractivity contribution in [2.24, 2.45) is 0 Å². The zero-order chi connectivity index (χ0) is 11.8. The molecule has 86 valence electrons. The summed E-state index contributed by atoms with van der Waals surface area (Å²) in [5.41, 5.74) is 2.42. The Morgan fingerprint density at radius 3 is 2.81 bits per heavy atom. The van der Waals surface area contributed by atoms with Crippen LogP contribution >= 0.6 is 11.3 Å². The van der Waals surface area contributed by atoms with E-state index in [1.807, 2.05) is 0 Å². The van der Waals surface area contributed by atoms with Gasteiger partial charge in [0.2, 0.25) is 10.0 Å². The third kappa shape index (κ3) is 2.23. The summed E-state index contributed by atoms with van der Waals surface area (Å²) in [6.45, 7) is 3.58. The van der Waals surface area contributed by atoms with E-state index in [1.165, 1.54) is 11.3 Å². The fourth-order valence-electron chi connectivity index (χ4n) is 1.38. The van der Waals surface area contributed by atoms with Crippen molar-refractivity contribution in [2.45, 2.75) is 24.8 Å². The Labute approximate surface area is 98.4 Å². The van der Waals surface area contributed by atoms with E-state index in [0.717, 1.165) is 10.2 Å². The number of rotatable bonds is 3. The summed E-state index contributed by atoms with van der Waals surface area (Å²) >= 11 is 1.49. The lowest BCUT2D eigenvalue weighted by atomic mass is 10.3. The van der Waals surface area contributed by atoms with E-state index in [4.69, 9.17) is 0 Å². The molecule has 1 aromatic carbocycles. The second-order valence-electron chi connectivity index (χ2n) is 3.76. The summed E-state index contributed by atoms with van der Waals surface area (Å²) in [5.74, 6) is 0. The molecule has 0 saturated carbocycles. The van der Waals surface area contributed by atoms with Crippen LogP contribution < -0.4 is 4.72 Å². The summed E-state index contributed by atoms with van der Waals surface area (Å²) in [4.78, 5) is 4.36. The van der Waals surface area contributed by atoms with Crippen molar-refractivity contribution >= 4 is 31.6 Å². The van der Waals surface area contributed by atoms with Crippen molar-refractivity contribution in [3.05, 3.63) is 23.7 Å². The normalized spacial score (nSPS) is 12.4. The average molecular weight is 256 g/mol. The molecule has 6 heteroatoms. The first-order chi connectivity index (χ1) is 7.49. The maximum absolute atomic E-state index is 11.9. The molecule has 0 amide bonds. The molecule has 0 unspecified atom stereocenters. The molecule has 0 radical (unpaired) electrons. The molecule has 0 aliphatic carbocycles. The summed E-state index contributed by atoms with van der Waals surface area (Å²) < 4.78 is 27.3. The minimum Gasteiger partial charge on any atom is -0.245 e. The van der Waals surface area contributed by atoms with Crippen LogP contribution in [0.4, 0.5) is 0 Å². The number of thiazole rings is 1. The van der Waals surface area contributed by atoms with E-state index in [9.17, 15) is 8.42 Å². The molecule has 4 nitrogen and oxygen atoms in total. The zero-order valence-electron chi connectivity index (χ0n) is 8.97. The third-order valence-electron chi connectivity index (χ3n) is 2.00. The van der Waals surface area contributed by atoms with Gasteiger partial charge in [-0.3, -0.25) is 0 Å². The zero-order valence-corrected chi connectivity index (χ0v) is 10.6. The van der Waals surface area contributed by atoms with Gasteiger partial charge in [0, 0.05) is 6.04 Å². The summed E-state index contributed by atoms with van der Waals surface area (Å²) in [6, 6.07) is 4.86. The second kappa shape index (κ2) is 4.12. The minimum absolute atomic E-state index is 0.115. The number of nitrogens with zero attached hydrogens (tertiary/aromatic N) is 1. The molecule has 2 rings (SSSR count). The van der Waals surface area contributed by atoms with E-state index in [2.05, 4.69) is 9.71 Å². The first-order valence-electron chi connectivity index (χ1n) is 4.84. The van der Waals surface area contributed by atoms with Gasteiger partial charge >= 0.3 is 0 Å². The van der Waals surface area contributed by atoms with Gasteiger partial charge in [0.05, 0.1) is 20.6 Å². The number of sulfonamides is 1. The maximum Gasteiger partial charge on any atom is 0.240 e. The quantitative estimate of drug-likeness (QED) is 0.913. The second-order valence-corrected chi connectivity index (χ2v) is 6.36. The monoisotopic (exact) mass is 256 g/mol. The largest absolute Gasteiger partial charge is 0.245 e. The Balaban J connectivity index is 2.46. The first kappa shape index (κ1) is 11.5. The van der Waals surface area contributed by atoms with E-state index in [0.29, 0.717) is 0 Å². The van der Waals surface area contributed by atoms with Gasteiger partial charge in [0.1, 0.15) is 0 Å². The number of fused-ring (bicyclic) bond motifs is 1. The molecule has 0 aliphatic heterocycles. The van der Waals surface area contributed by atoms with E-state index >= 15 is 0 Å². The Kier molecular flexibility index (Phi) is 2.96. The predicted octanol–water partition coefficient (Wildman–Crippen LogP) is 1.98. The molecule has 0 bridgehead atoms. The van der Waals surface area contributed by atoms with Crippen LogP contribution in [0.25, 0.3) is 10.2 Å². The number of hydrogen-bond donors (Lipinski definition) is 1. The Bertz CT molecular complexity index is 602. The molecule has 1 heterocycles. The van der Waals surface area contributed by atoms with Crippen LogP contribution in [0, 0.1) is 0 Å². The molecule has 0 fully saturated rings. The lowest BCUT2D eigenvalue weighted by Gasteiger charge is -2.09. The van der Waals surface area contributed by atoms with Crippen LogP contribution in [0.3, 0.4) is 0 Å². The molecule has 16 heavy (non-hydrogen) atoms. The van der Waals surface area contributed by atoms with Crippen molar-refractivity contribution in [3.63, 3.8) is 0 Å². The van der Waals surface area contributed by atoms with Crippen molar-refractivity contribution in [2.75, 3.05) is 0 Å². The summed E-state index contributed by atoms with van der Waals surface area (Å²) in [5, 5.41) is 0. The molecule has 0 saturated heterocycles. The Morgan fingerprint density at radius 1 is 1.38 bits per heavy atom. The van der Waals surface area contributed by atoms with Crippen LogP contribution in [-0.2, 0) is 10.0 Å². The summed E-state index contributed by atoms with van der Waals surface area (Å²) in [6.07, 6.45) is 0. The highest BCUT2D eigenvalue weighted by molar-refractivity contribution is 7.89. The average Bonchev–Trinajstić information content (AvgIpc) is 2.61. The van der Waals surface area contributed by atoms with Crippen molar-refractivity contribution in [1.29, 1.82) is 0 Å². The van der Waals surface area contributed by atoms with Gasteiger partial charge in [-0.2, -0.15) is 0 Å². The minimum atomic E-state index is -3.41. The SMILES string of the molecule is CC(C)NS(=O)(=O)c1ccc2scnc2c1. The third-order valence-corrected chi connectivity index (χ3v) is 4.47. The summed E-state index contributed by atoms with van der Waals surface area (Å²) in [7, 11) is -3.41. The molecule has 0 atom stereocenters. The van der Waals surface area contributed by atoms with Crippen molar-refractivity contribution in [1.82, 2.24) is 9.71 Å². The van der Waals surface area contributed by atoms with Gasteiger partial charge in [-0.05, 0) is 32.0 Å². The van der Waals surface area contributed by atoms with Gasteiger partial charge in [0.25, 0.3) is 0 Å². The molecule has 1 N–H and O–H groups in total. The predicted molar refractivity (Wildman–Crippen MR) is 65.1 cm³/mol. The van der Waals surface area contributed by atoms with E-state index < -0.39 is 10.0 Å². The highest BCUT2D eigenvalue weighted by Gasteiger charge is 2.15. The number of nitrogens with one attached hydrogen (secondary N) is 1. The molecule has 1 aromatic heterocycles. The number of aromatic nitrogens is 1. The highest BCUT2D eigenvalue weighted by atomic mass is 32.2. The van der Waals surface area contributed by atoms with Crippen LogP contribution in [0.2, 0.25) is 0 Å². The van der Waals surface area contributed by atoms with Crippen LogP contribution in [0.15, 0.2) is 28.6 Å². The topological polar surface area (TPSA) is 59.1 Å². The maximum atomic E-state index is 11.9. The fraction of sp³-hybridized carbons (Fsp3) is 0.300. The Hall–Kier alpha value is -0.980. The number of hydrogen-bond acceptors (Lipinski definition) is 4. The first-order valence-corrected chi connectivity index (χ1v) is 7.21. The molecule has 0 spiro atoms. The lowest BCUT2D eigenvalue weighted by molar-refractivity contribution is 0.570. The van der Waals surface area contributed by atoms with Gasteiger partial charge in [-0.25, -0.2) is 18.1 Å². The molecular weight excluding hydrogens is 244 g/mol. The smallest absolute Gasteiger partial charge is 0.240 e. The lowest BCUT2D eigenvalue weighted by Crippen LogP contribution is -2.30. The van der Waals surface area contributed by atoms with Crippen molar-refractivity contribution in [3.8, 4) is 0 Å². The van der Waals surface area contributed by atoms with Crippen LogP contribution in [0.5, 0.6) is 0 Å². The molecule has 0 aliphatic rings. The van der Waals surface area contributed by atoms with Crippen LogP contribution in [0.1, 0.15) is 13.8 Å². The number of benzene rings is 1. The van der Waals surface area contributed by atoms with Crippen molar-refractivity contribution < 1.29 is 8.42 Å². The van der Waals surface area contributed by atoms with Gasteiger partial charge in [-0.1, -0.05) is 0 Å². The molecule has 2 aromatic rings. The van der Waals surface area contributed by atoms with Gasteiger partial charge in [0.15, 0.2) is 0 Å². The highest BCUT2D eigenvalue weighted by Crippen LogP contribution is 2.21. The van der Waals surface area contributed by atoms with E-state index in [1.54, 1.807) is 37.6 Å². The van der Waals surface area contributed by atoms with E-state index in [-0.39, 0.29) is 10.9 Å². The Morgan fingerprint density at radius 2 is 2.12 bits per heavy atom. The fourth-order valence-corrected chi connectivity index (χ4v) is 3.31. The molecular formula is C10H12N2O2S2. The van der Waals surface area contributed by atoms with Crippen LogP contribution in [-0.4, -0.2) is 19.4 Å². The van der Waals surface area contributed by atoms with Gasteiger partial charge in [-0.15, -0.1) is 11.3 Å². The standard InChI is InChI=1S/C10H12N2O2S2/c1-7(2)12-16(13,14)8-3-4-10-9(5-8)11-6-15-10/h3-7,12H,1-2H3. The van der Waals surface area contributed by atoms with Gasteiger partial charge < -0.3 is 0 Å².